The third-order valence-corrected chi connectivity index (χ3v) is 4.97. The van der Waals surface area contributed by atoms with Crippen LogP contribution in [0.3, 0.4) is 0 Å². The van der Waals surface area contributed by atoms with Crippen LogP contribution in [0.25, 0.3) is 0 Å². The largest absolute Gasteiger partial charge is 0.299 e. The lowest BCUT2D eigenvalue weighted by Gasteiger charge is -2.25. The molecule has 0 aliphatic heterocycles. The first kappa shape index (κ1) is 14.6. The quantitative estimate of drug-likeness (QED) is 0.799. The first-order valence-electron chi connectivity index (χ1n) is 7.19. The predicted molar refractivity (Wildman–Crippen MR) is 84.0 cm³/mol. The van der Waals surface area contributed by atoms with Gasteiger partial charge >= 0.3 is 0 Å². The Bertz CT molecular complexity index is 445. The van der Waals surface area contributed by atoms with Crippen LogP contribution >= 0.6 is 11.8 Å². The Balaban J connectivity index is 1.95. The van der Waals surface area contributed by atoms with Gasteiger partial charge in [0.05, 0.1) is 5.75 Å². The molecule has 0 N–H and O–H groups in total. The third kappa shape index (κ3) is 4.38. The number of thioether (sulfide) groups is 1. The Morgan fingerprint density at radius 1 is 1.32 bits per heavy atom. The standard InChI is InChI=1S/C17H24OS/c1-17(2,3)19-12-15(18)11-14-9-6-8-13-7-4-5-10-16(13)14/h4-5,7,10,14H,6,8-9,11-12H2,1-3H3. The van der Waals surface area contributed by atoms with Crippen LogP contribution in [0, 0.1) is 0 Å². The second-order valence-corrected chi connectivity index (χ2v) is 8.23. The monoisotopic (exact) mass is 276 g/mol. The number of carbonyl (C=O) groups is 1. The molecule has 1 aliphatic rings. The zero-order chi connectivity index (χ0) is 13.9. The molecule has 0 fully saturated rings. The number of aryl methyl sites for hydroxylation is 1. The number of rotatable bonds is 4. The van der Waals surface area contributed by atoms with Crippen molar-refractivity contribution in [1.29, 1.82) is 0 Å². The predicted octanol–water partition coefficient (Wildman–Crippen LogP) is 4.60. The van der Waals surface area contributed by atoms with Gasteiger partial charge in [-0.3, -0.25) is 4.79 Å². The summed E-state index contributed by atoms with van der Waals surface area (Å²) in [5.41, 5.74) is 2.87. The van der Waals surface area contributed by atoms with Gasteiger partial charge in [0.25, 0.3) is 0 Å². The smallest absolute Gasteiger partial charge is 0.143 e. The van der Waals surface area contributed by atoms with Gasteiger partial charge in [-0.05, 0) is 36.3 Å². The molecule has 0 heterocycles. The van der Waals surface area contributed by atoms with E-state index in [1.54, 1.807) is 11.8 Å². The maximum absolute atomic E-state index is 12.1. The van der Waals surface area contributed by atoms with E-state index in [2.05, 4.69) is 45.0 Å². The van der Waals surface area contributed by atoms with E-state index >= 15 is 0 Å². The lowest BCUT2D eigenvalue weighted by atomic mass is 9.80. The number of ketones is 1. The highest BCUT2D eigenvalue weighted by molar-refractivity contribution is 8.01. The number of carbonyl (C=O) groups excluding carboxylic acids is 1. The lowest BCUT2D eigenvalue weighted by Crippen LogP contribution is -2.17. The molecule has 0 saturated carbocycles. The van der Waals surface area contributed by atoms with Gasteiger partial charge < -0.3 is 0 Å². The van der Waals surface area contributed by atoms with Gasteiger partial charge in [-0.2, -0.15) is 0 Å². The Morgan fingerprint density at radius 3 is 2.79 bits per heavy atom. The summed E-state index contributed by atoms with van der Waals surface area (Å²) in [6.45, 7) is 6.50. The zero-order valence-electron chi connectivity index (χ0n) is 12.2. The minimum absolute atomic E-state index is 0.181. The van der Waals surface area contributed by atoms with Crippen molar-refractivity contribution < 1.29 is 4.79 Å². The van der Waals surface area contributed by atoms with Crippen LogP contribution in [0.1, 0.15) is 57.1 Å². The van der Waals surface area contributed by atoms with E-state index in [1.807, 2.05) is 0 Å². The van der Waals surface area contributed by atoms with Gasteiger partial charge in [0.15, 0.2) is 0 Å². The highest BCUT2D eigenvalue weighted by Gasteiger charge is 2.23. The first-order valence-corrected chi connectivity index (χ1v) is 8.18. The summed E-state index contributed by atoms with van der Waals surface area (Å²) in [6, 6.07) is 8.64. The van der Waals surface area contributed by atoms with E-state index in [9.17, 15) is 4.79 Å². The van der Waals surface area contributed by atoms with E-state index in [-0.39, 0.29) is 4.75 Å². The molecule has 0 radical (unpaired) electrons. The molecule has 1 aromatic carbocycles. The molecule has 1 atom stereocenters. The molecule has 0 amide bonds. The van der Waals surface area contributed by atoms with E-state index < -0.39 is 0 Å². The summed E-state index contributed by atoms with van der Waals surface area (Å²) in [6.07, 6.45) is 4.29. The van der Waals surface area contributed by atoms with Crippen molar-refractivity contribution in [3.63, 3.8) is 0 Å². The molecule has 2 heteroatoms. The SMILES string of the molecule is CC(C)(C)SCC(=O)CC1CCCc2ccccc21. The van der Waals surface area contributed by atoms with Crippen LogP contribution < -0.4 is 0 Å². The van der Waals surface area contributed by atoms with Crippen molar-refractivity contribution in [2.45, 2.75) is 57.1 Å². The van der Waals surface area contributed by atoms with E-state index in [1.165, 1.54) is 30.4 Å². The average molecular weight is 276 g/mol. The number of hydrogen-bond donors (Lipinski definition) is 0. The molecular weight excluding hydrogens is 252 g/mol. The number of benzene rings is 1. The van der Waals surface area contributed by atoms with Crippen LogP contribution in [-0.4, -0.2) is 16.3 Å². The Morgan fingerprint density at radius 2 is 2.05 bits per heavy atom. The Kier molecular flexibility index (Phi) is 4.72. The van der Waals surface area contributed by atoms with Crippen molar-refractivity contribution >= 4 is 17.5 Å². The molecule has 104 valence electrons. The summed E-state index contributed by atoms with van der Waals surface area (Å²) >= 11 is 1.76. The highest BCUT2D eigenvalue weighted by Crippen LogP contribution is 2.34. The summed E-state index contributed by atoms with van der Waals surface area (Å²) < 4.78 is 0.181. The lowest BCUT2D eigenvalue weighted by molar-refractivity contribution is -0.117. The normalized spacial score (nSPS) is 19.0. The summed E-state index contributed by atoms with van der Waals surface area (Å²) in [7, 11) is 0. The molecule has 0 bridgehead atoms. The maximum Gasteiger partial charge on any atom is 0.143 e. The van der Waals surface area contributed by atoms with Crippen molar-refractivity contribution in [3.05, 3.63) is 35.4 Å². The topological polar surface area (TPSA) is 17.1 Å². The zero-order valence-corrected chi connectivity index (χ0v) is 13.1. The van der Waals surface area contributed by atoms with E-state index in [0.717, 1.165) is 6.42 Å². The van der Waals surface area contributed by atoms with Crippen molar-refractivity contribution in [3.8, 4) is 0 Å². The summed E-state index contributed by atoms with van der Waals surface area (Å²) in [4.78, 5) is 12.1. The minimum Gasteiger partial charge on any atom is -0.299 e. The van der Waals surface area contributed by atoms with Crippen molar-refractivity contribution in [1.82, 2.24) is 0 Å². The van der Waals surface area contributed by atoms with Crippen LogP contribution in [0.2, 0.25) is 0 Å². The number of hydrogen-bond acceptors (Lipinski definition) is 2. The fourth-order valence-corrected chi connectivity index (χ4v) is 3.41. The molecule has 1 aromatic rings. The molecule has 0 spiro atoms. The van der Waals surface area contributed by atoms with Crippen LogP contribution in [0.4, 0.5) is 0 Å². The fraction of sp³-hybridized carbons (Fsp3) is 0.588. The van der Waals surface area contributed by atoms with Gasteiger partial charge in [-0.15, -0.1) is 11.8 Å². The number of fused-ring (bicyclic) bond motifs is 1. The Hall–Kier alpha value is -0.760. The van der Waals surface area contributed by atoms with E-state index in [4.69, 9.17) is 0 Å². The van der Waals surface area contributed by atoms with Crippen molar-refractivity contribution in [2.75, 3.05) is 5.75 Å². The summed E-state index contributed by atoms with van der Waals surface area (Å²) in [5.74, 6) is 1.52. The minimum atomic E-state index is 0.181. The van der Waals surface area contributed by atoms with Gasteiger partial charge in [0.2, 0.25) is 0 Å². The molecule has 19 heavy (non-hydrogen) atoms. The molecule has 0 saturated heterocycles. The van der Waals surface area contributed by atoms with Crippen LogP contribution in [0.15, 0.2) is 24.3 Å². The number of Topliss-reactive ketones (excluding diaryl/α,β-unsaturated/α-hetero) is 1. The average Bonchev–Trinajstić information content (AvgIpc) is 2.36. The van der Waals surface area contributed by atoms with Crippen molar-refractivity contribution in [2.24, 2.45) is 0 Å². The highest BCUT2D eigenvalue weighted by atomic mass is 32.2. The summed E-state index contributed by atoms with van der Waals surface area (Å²) in [5, 5.41) is 0. The van der Waals surface area contributed by atoms with Crippen LogP contribution in [-0.2, 0) is 11.2 Å². The van der Waals surface area contributed by atoms with Gasteiger partial charge in [-0.25, -0.2) is 0 Å². The molecule has 0 aromatic heterocycles. The second-order valence-electron chi connectivity index (χ2n) is 6.43. The molecule has 1 unspecified atom stereocenters. The van der Waals surface area contributed by atoms with Gasteiger partial charge in [0, 0.05) is 11.2 Å². The Labute approximate surface area is 121 Å². The molecule has 1 nitrogen and oxygen atoms in total. The molecular formula is C17H24OS. The molecule has 2 rings (SSSR count). The van der Waals surface area contributed by atoms with Gasteiger partial charge in [-0.1, -0.05) is 45.0 Å². The fourth-order valence-electron chi connectivity index (χ4n) is 2.70. The molecule has 1 aliphatic carbocycles. The maximum atomic E-state index is 12.1. The second kappa shape index (κ2) is 6.13. The van der Waals surface area contributed by atoms with Gasteiger partial charge in [0.1, 0.15) is 5.78 Å². The first-order chi connectivity index (χ1) is 8.96. The van der Waals surface area contributed by atoms with Crippen LogP contribution in [0.5, 0.6) is 0 Å². The third-order valence-electron chi connectivity index (χ3n) is 3.63. The van der Waals surface area contributed by atoms with E-state index in [0.29, 0.717) is 17.5 Å².